The fourth-order valence-electron chi connectivity index (χ4n) is 1.26. The number of amides is 1. The van der Waals surface area contributed by atoms with Crippen LogP contribution < -0.4 is 5.32 Å². The van der Waals surface area contributed by atoms with Gasteiger partial charge in [-0.2, -0.15) is 0 Å². The van der Waals surface area contributed by atoms with Crippen LogP contribution in [0.15, 0.2) is 18.2 Å². The molecule has 0 bridgehead atoms. The maximum Gasteiger partial charge on any atom is 0.253 e. The Balaban J connectivity index is 2.13. The highest BCUT2D eigenvalue weighted by Gasteiger charge is 2.22. The largest absolute Gasteiger partial charge is 0.377 e. The highest BCUT2D eigenvalue weighted by atomic mass is 35.5. The topological polar surface area (TPSA) is 38.3 Å². The van der Waals surface area contributed by atoms with Gasteiger partial charge in [-0.25, -0.2) is 4.39 Å². The summed E-state index contributed by atoms with van der Waals surface area (Å²) >= 11 is 5.67. The van der Waals surface area contributed by atoms with Crippen LogP contribution in [0.1, 0.15) is 10.4 Å². The number of benzene rings is 1. The third-order valence-corrected chi connectivity index (χ3v) is 2.55. The van der Waals surface area contributed by atoms with Crippen LogP contribution in [-0.2, 0) is 4.74 Å². The predicted molar refractivity (Wildman–Crippen MR) is 53.5 cm³/mol. The summed E-state index contributed by atoms with van der Waals surface area (Å²) < 4.78 is 17.9. The number of rotatable bonds is 2. The van der Waals surface area contributed by atoms with Gasteiger partial charge >= 0.3 is 0 Å². The molecule has 0 unspecified atom stereocenters. The fraction of sp³-hybridized carbons (Fsp3) is 0.300. The highest BCUT2D eigenvalue weighted by molar-refractivity contribution is 6.34. The van der Waals surface area contributed by atoms with Crippen LogP contribution in [0, 0.1) is 5.82 Å². The molecule has 0 atom stereocenters. The molecular formula is C10H9ClFNO2. The molecule has 0 spiro atoms. The lowest BCUT2D eigenvalue weighted by Gasteiger charge is -2.26. The standard InChI is InChI=1S/C10H9ClFNO2/c11-9-7(2-1-3-8(9)12)10(14)13-6-4-15-5-6/h1-3,6H,4-5H2,(H,13,14). The average molecular weight is 230 g/mol. The highest BCUT2D eigenvalue weighted by Crippen LogP contribution is 2.19. The Morgan fingerprint density at radius 1 is 1.53 bits per heavy atom. The van der Waals surface area contributed by atoms with Gasteiger partial charge < -0.3 is 10.1 Å². The molecule has 80 valence electrons. The zero-order chi connectivity index (χ0) is 10.8. The monoisotopic (exact) mass is 229 g/mol. The Morgan fingerprint density at radius 3 is 2.87 bits per heavy atom. The Labute approximate surface area is 91.2 Å². The number of carbonyl (C=O) groups is 1. The third kappa shape index (κ3) is 2.11. The molecule has 1 aromatic rings. The molecule has 0 radical (unpaired) electrons. The maximum atomic E-state index is 13.0. The van der Waals surface area contributed by atoms with E-state index in [2.05, 4.69) is 5.32 Å². The van der Waals surface area contributed by atoms with Crippen molar-refractivity contribution < 1.29 is 13.9 Å². The van der Waals surface area contributed by atoms with Crippen molar-refractivity contribution in [2.24, 2.45) is 0 Å². The summed E-state index contributed by atoms with van der Waals surface area (Å²) in [7, 11) is 0. The van der Waals surface area contributed by atoms with E-state index >= 15 is 0 Å². The second-order valence-electron chi connectivity index (χ2n) is 3.31. The van der Waals surface area contributed by atoms with Crippen molar-refractivity contribution in [3.8, 4) is 0 Å². The van der Waals surface area contributed by atoms with Gasteiger partial charge in [0.05, 0.1) is 29.8 Å². The van der Waals surface area contributed by atoms with E-state index in [9.17, 15) is 9.18 Å². The SMILES string of the molecule is O=C(NC1COC1)c1cccc(F)c1Cl. The summed E-state index contributed by atoms with van der Waals surface area (Å²) in [5.74, 6) is -0.957. The van der Waals surface area contributed by atoms with Crippen molar-refractivity contribution in [3.05, 3.63) is 34.6 Å². The lowest BCUT2D eigenvalue weighted by molar-refractivity contribution is -0.00346. The first-order valence-electron chi connectivity index (χ1n) is 4.51. The van der Waals surface area contributed by atoms with E-state index in [1.54, 1.807) is 0 Å². The number of hydrogen-bond acceptors (Lipinski definition) is 2. The smallest absolute Gasteiger partial charge is 0.253 e. The van der Waals surface area contributed by atoms with Gasteiger partial charge in [0.2, 0.25) is 0 Å². The van der Waals surface area contributed by atoms with Gasteiger partial charge in [0.15, 0.2) is 0 Å². The summed E-state index contributed by atoms with van der Waals surface area (Å²) in [5, 5.41) is 2.54. The van der Waals surface area contributed by atoms with Gasteiger partial charge in [-0.15, -0.1) is 0 Å². The molecule has 15 heavy (non-hydrogen) atoms. The molecule has 2 rings (SSSR count). The van der Waals surface area contributed by atoms with Gasteiger partial charge in [0, 0.05) is 0 Å². The van der Waals surface area contributed by atoms with Crippen molar-refractivity contribution in [1.29, 1.82) is 0 Å². The first-order valence-corrected chi connectivity index (χ1v) is 4.89. The summed E-state index contributed by atoms with van der Waals surface area (Å²) in [6.07, 6.45) is 0. The lowest BCUT2D eigenvalue weighted by atomic mass is 10.1. The minimum Gasteiger partial charge on any atom is -0.377 e. The van der Waals surface area contributed by atoms with E-state index in [4.69, 9.17) is 16.3 Å². The molecule has 1 saturated heterocycles. The number of halogens is 2. The minimum absolute atomic E-state index is 0.0110. The zero-order valence-electron chi connectivity index (χ0n) is 7.80. The second-order valence-corrected chi connectivity index (χ2v) is 3.69. The Hall–Kier alpha value is -1.13. The van der Waals surface area contributed by atoms with Gasteiger partial charge in [0.1, 0.15) is 5.82 Å². The van der Waals surface area contributed by atoms with Crippen LogP contribution >= 0.6 is 11.6 Å². The molecule has 0 aliphatic carbocycles. The third-order valence-electron chi connectivity index (χ3n) is 2.17. The Morgan fingerprint density at radius 2 is 2.27 bits per heavy atom. The lowest BCUT2D eigenvalue weighted by Crippen LogP contribution is -2.48. The molecule has 3 nitrogen and oxygen atoms in total. The minimum atomic E-state index is -0.589. The molecule has 0 aromatic heterocycles. The van der Waals surface area contributed by atoms with Crippen LogP contribution in [0.5, 0.6) is 0 Å². The van der Waals surface area contributed by atoms with Gasteiger partial charge in [0.25, 0.3) is 5.91 Å². The number of carbonyl (C=O) groups excluding carboxylic acids is 1. The van der Waals surface area contributed by atoms with E-state index in [1.807, 2.05) is 0 Å². The van der Waals surface area contributed by atoms with Gasteiger partial charge in [-0.05, 0) is 12.1 Å². The molecule has 0 saturated carbocycles. The predicted octanol–water partition coefficient (Wildman–Crippen LogP) is 1.61. The summed E-state index contributed by atoms with van der Waals surface area (Å²) in [6.45, 7) is 0.997. The van der Waals surface area contributed by atoms with E-state index < -0.39 is 5.82 Å². The van der Waals surface area contributed by atoms with E-state index in [0.717, 1.165) is 0 Å². The quantitative estimate of drug-likeness (QED) is 0.837. The van der Waals surface area contributed by atoms with Crippen LogP contribution in [-0.4, -0.2) is 25.2 Å². The van der Waals surface area contributed by atoms with Crippen molar-refractivity contribution in [2.75, 3.05) is 13.2 Å². The first-order chi connectivity index (χ1) is 7.18. The molecule has 1 aliphatic rings. The molecule has 5 heteroatoms. The van der Waals surface area contributed by atoms with Crippen molar-refractivity contribution in [1.82, 2.24) is 5.32 Å². The van der Waals surface area contributed by atoms with E-state index in [-0.39, 0.29) is 22.5 Å². The normalized spacial score (nSPS) is 15.9. The van der Waals surface area contributed by atoms with Crippen LogP contribution in [0.4, 0.5) is 4.39 Å². The summed E-state index contributed by atoms with van der Waals surface area (Å²) in [5.41, 5.74) is 0.156. The first kappa shape index (κ1) is 10.4. The van der Waals surface area contributed by atoms with Crippen LogP contribution in [0.3, 0.4) is 0 Å². The van der Waals surface area contributed by atoms with Crippen molar-refractivity contribution in [3.63, 3.8) is 0 Å². The molecule has 1 heterocycles. The van der Waals surface area contributed by atoms with Gasteiger partial charge in [-0.1, -0.05) is 17.7 Å². The second kappa shape index (κ2) is 4.16. The summed E-state index contributed by atoms with van der Waals surface area (Å²) in [6, 6.07) is 4.16. The number of hydrogen-bond donors (Lipinski definition) is 1. The molecule has 1 fully saturated rings. The zero-order valence-corrected chi connectivity index (χ0v) is 8.55. The van der Waals surface area contributed by atoms with E-state index in [0.29, 0.717) is 13.2 Å². The van der Waals surface area contributed by atoms with Crippen LogP contribution in [0.25, 0.3) is 0 Å². The number of ether oxygens (including phenoxy) is 1. The Bertz CT molecular complexity index is 393. The van der Waals surface area contributed by atoms with Crippen molar-refractivity contribution >= 4 is 17.5 Å². The Kier molecular flexibility index (Phi) is 2.88. The number of nitrogens with one attached hydrogen (secondary N) is 1. The molecule has 1 N–H and O–H groups in total. The average Bonchev–Trinajstić information content (AvgIpc) is 2.15. The summed E-state index contributed by atoms with van der Waals surface area (Å²) in [4.78, 5) is 11.6. The molecule has 1 aliphatic heterocycles. The molecular weight excluding hydrogens is 221 g/mol. The molecule has 1 aromatic carbocycles. The fourth-order valence-corrected chi connectivity index (χ4v) is 1.47. The van der Waals surface area contributed by atoms with E-state index in [1.165, 1.54) is 18.2 Å². The van der Waals surface area contributed by atoms with Crippen LogP contribution in [0.2, 0.25) is 5.02 Å². The van der Waals surface area contributed by atoms with Crippen molar-refractivity contribution in [2.45, 2.75) is 6.04 Å². The van der Waals surface area contributed by atoms with Gasteiger partial charge in [-0.3, -0.25) is 4.79 Å². The molecule has 1 amide bonds. The maximum absolute atomic E-state index is 13.0.